The first-order valence-corrected chi connectivity index (χ1v) is 6.89. The van der Waals surface area contributed by atoms with Crippen LogP contribution in [0.3, 0.4) is 0 Å². The third-order valence-electron chi connectivity index (χ3n) is 2.71. The van der Waals surface area contributed by atoms with Gasteiger partial charge in [-0.15, -0.1) is 0 Å². The summed E-state index contributed by atoms with van der Waals surface area (Å²) in [6, 6.07) is 7.33. The van der Waals surface area contributed by atoms with Crippen LogP contribution in [-0.2, 0) is 4.79 Å². The second-order valence-corrected chi connectivity index (χ2v) is 5.07. The van der Waals surface area contributed by atoms with Crippen molar-refractivity contribution in [3.63, 3.8) is 0 Å². The second kappa shape index (κ2) is 6.21. The highest BCUT2D eigenvalue weighted by atomic mass is 32.1. The number of aliphatic carboxylic acids is 1. The van der Waals surface area contributed by atoms with Crippen molar-refractivity contribution < 1.29 is 14.7 Å². The lowest BCUT2D eigenvalue weighted by Gasteiger charge is -2.14. The highest BCUT2D eigenvalue weighted by Gasteiger charge is 2.22. The maximum Gasteiger partial charge on any atom is 0.330 e. The molecule has 2 amide bonds. The number of urea groups is 1. The van der Waals surface area contributed by atoms with Gasteiger partial charge in [0.1, 0.15) is 0 Å². The average Bonchev–Trinajstić information content (AvgIpc) is 2.92. The summed E-state index contributed by atoms with van der Waals surface area (Å²) < 4.78 is 0. The van der Waals surface area contributed by atoms with Gasteiger partial charge in [-0.3, -0.25) is 0 Å². The van der Waals surface area contributed by atoms with E-state index in [-0.39, 0.29) is 0 Å². The molecule has 104 valence electrons. The lowest BCUT2D eigenvalue weighted by molar-refractivity contribution is -0.139. The predicted octanol–water partition coefficient (Wildman–Crippen LogP) is 3.00. The lowest BCUT2D eigenvalue weighted by atomic mass is 10.1. The minimum absolute atomic E-state index is 0.549. The van der Waals surface area contributed by atoms with Crippen LogP contribution in [0, 0.1) is 6.92 Å². The number of aryl methyl sites for hydroxylation is 1. The molecule has 0 bridgehead atoms. The number of thiophene rings is 1. The lowest BCUT2D eigenvalue weighted by Crippen LogP contribution is -2.36. The molecule has 0 saturated heterocycles. The first-order chi connectivity index (χ1) is 9.56. The summed E-state index contributed by atoms with van der Waals surface area (Å²) in [6.45, 7) is 1.95. The van der Waals surface area contributed by atoms with Crippen molar-refractivity contribution in [2.24, 2.45) is 0 Å². The Bertz CT molecular complexity index is 593. The third-order valence-corrected chi connectivity index (χ3v) is 3.41. The van der Waals surface area contributed by atoms with Gasteiger partial charge in [-0.25, -0.2) is 9.59 Å². The Labute approximate surface area is 120 Å². The topological polar surface area (TPSA) is 78.4 Å². The number of anilines is 1. The van der Waals surface area contributed by atoms with Gasteiger partial charge in [0.2, 0.25) is 0 Å². The van der Waals surface area contributed by atoms with Crippen LogP contribution in [0.1, 0.15) is 17.2 Å². The quantitative estimate of drug-likeness (QED) is 0.810. The SMILES string of the molecule is Cc1ccc(NC(=O)N[C@@H](C(=O)O)c2ccsc2)cc1. The van der Waals surface area contributed by atoms with Crippen molar-refractivity contribution in [3.8, 4) is 0 Å². The standard InChI is InChI=1S/C14H14N2O3S/c1-9-2-4-11(5-3-9)15-14(19)16-12(13(17)18)10-6-7-20-8-10/h2-8,12H,1H3,(H,17,18)(H2,15,16,19)/t12-/m1/s1. The normalized spacial score (nSPS) is 11.7. The zero-order valence-electron chi connectivity index (χ0n) is 10.8. The number of rotatable bonds is 4. The van der Waals surface area contributed by atoms with Gasteiger partial charge in [0, 0.05) is 5.69 Å². The zero-order chi connectivity index (χ0) is 14.5. The van der Waals surface area contributed by atoms with Crippen LogP contribution < -0.4 is 10.6 Å². The summed E-state index contributed by atoms with van der Waals surface area (Å²) in [4.78, 5) is 23.0. The maximum absolute atomic E-state index is 11.8. The Morgan fingerprint density at radius 3 is 2.45 bits per heavy atom. The van der Waals surface area contributed by atoms with Crippen molar-refractivity contribution in [2.45, 2.75) is 13.0 Å². The van der Waals surface area contributed by atoms with E-state index < -0.39 is 18.0 Å². The van der Waals surface area contributed by atoms with Crippen molar-refractivity contribution >= 4 is 29.0 Å². The summed E-state index contributed by atoms with van der Waals surface area (Å²) >= 11 is 1.38. The number of nitrogens with one attached hydrogen (secondary N) is 2. The zero-order valence-corrected chi connectivity index (χ0v) is 11.6. The van der Waals surface area contributed by atoms with Crippen LogP contribution in [0.5, 0.6) is 0 Å². The molecule has 20 heavy (non-hydrogen) atoms. The molecule has 0 aliphatic carbocycles. The van der Waals surface area contributed by atoms with Crippen LogP contribution in [-0.4, -0.2) is 17.1 Å². The van der Waals surface area contributed by atoms with E-state index in [9.17, 15) is 9.59 Å². The number of carbonyl (C=O) groups excluding carboxylic acids is 1. The number of benzene rings is 1. The van der Waals surface area contributed by atoms with E-state index >= 15 is 0 Å². The molecule has 1 aromatic heterocycles. The third kappa shape index (κ3) is 3.58. The summed E-state index contributed by atoms with van der Waals surface area (Å²) in [5.74, 6) is -1.09. The van der Waals surface area contributed by atoms with E-state index in [0.717, 1.165) is 5.56 Å². The van der Waals surface area contributed by atoms with Gasteiger partial charge in [-0.1, -0.05) is 17.7 Å². The molecule has 1 aromatic carbocycles. The largest absolute Gasteiger partial charge is 0.479 e. The van der Waals surface area contributed by atoms with Gasteiger partial charge >= 0.3 is 12.0 Å². The maximum atomic E-state index is 11.8. The first-order valence-electron chi connectivity index (χ1n) is 5.95. The molecule has 6 heteroatoms. The summed E-state index contributed by atoms with van der Waals surface area (Å²) in [6.07, 6.45) is 0. The molecular weight excluding hydrogens is 276 g/mol. The Morgan fingerprint density at radius 2 is 1.90 bits per heavy atom. The highest BCUT2D eigenvalue weighted by molar-refractivity contribution is 7.08. The molecule has 0 spiro atoms. The Balaban J connectivity index is 2.02. The van der Waals surface area contributed by atoms with Gasteiger partial charge in [0.15, 0.2) is 6.04 Å². The van der Waals surface area contributed by atoms with Gasteiger partial charge in [-0.05, 0) is 41.4 Å². The molecule has 0 saturated carbocycles. The van der Waals surface area contributed by atoms with Crippen LogP contribution >= 0.6 is 11.3 Å². The number of carboxylic acids is 1. The fourth-order valence-electron chi connectivity index (χ4n) is 1.66. The molecule has 1 heterocycles. The molecule has 5 nitrogen and oxygen atoms in total. The fourth-order valence-corrected chi connectivity index (χ4v) is 2.35. The number of hydrogen-bond acceptors (Lipinski definition) is 3. The molecular formula is C14H14N2O3S. The monoisotopic (exact) mass is 290 g/mol. The van der Waals surface area contributed by atoms with Gasteiger partial charge in [0.05, 0.1) is 0 Å². The van der Waals surface area contributed by atoms with Crippen molar-refractivity contribution in [1.82, 2.24) is 5.32 Å². The van der Waals surface area contributed by atoms with Gasteiger partial charge in [-0.2, -0.15) is 11.3 Å². The smallest absolute Gasteiger partial charge is 0.330 e. The summed E-state index contributed by atoms with van der Waals surface area (Å²) in [5, 5.41) is 17.7. The molecule has 0 aliphatic heterocycles. The number of carbonyl (C=O) groups is 2. The van der Waals surface area contributed by atoms with Crippen LogP contribution in [0.4, 0.5) is 10.5 Å². The molecule has 1 atom stereocenters. The van der Waals surface area contributed by atoms with Gasteiger partial charge < -0.3 is 15.7 Å². The van der Waals surface area contributed by atoms with Crippen LogP contribution in [0.15, 0.2) is 41.1 Å². The van der Waals surface area contributed by atoms with Crippen molar-refractivity contribution in [2.75, 3.05) is 5.32 Å². The van der Waals surface area contributed by atoms with Crippen LogP contribution in [0.2, 0.25) is 0 Å². The summed E-state index contributed by atoms with van der Waals surface area (Å²) in [5.41, 5.74) is 2.25. The second-order valence-electron chi connectivity index (χ2n) is 4.29. The average molecular weight is 290 g/mol. The predicted molar refractivity (Wildman–Crippen MR) is 78.0 cm³/mol. The van der Waals surface area contributed by atoms with E-state index in [1.54, 1.807) is 29.0 Å². The highest BCUT2D eigenvalue weighted by Crippen LogP contribution is 2.17. The van der Waals surface area contributed by atoms with E-state index in [2.05, 4.69) is 10.6 Å². The minimum Gasteiger partial charge on any atom is -0.479 e. The molecule has 0 unspecified atom stereocenters. The van der Waals surface area contributed by atoms with Gasteiger partial charge in [0.25, 0.3) is 0 Å². The van der Waals surface area contributed by atoms with Crippen LogP contribution in [0.25, 0.3) is 0 Å². The Kier molecular flexibility index (Phi) is 4.37. The van der Waals surface area contributed by atoms with E-state index in [0.29, 0.717) is 11.3 Å². The van der Waals surface area contributed by atoms with Crippen molar-refractivity contribution in [1.29, 1.82) is 0 Å². The van der Waals surface area contributed by atoms with Crippen molar-refractivity contribution in [3.05, 3.63) is 52.2 Å². The van der Waals surface area contributed by atoms with E-state index in [1.807, 2.05) is 19.1 Å². The molecule has 2 aromatic rings. The van der Waals surface area contributed by atoms with E-state index in [4.69, 9.17) is 5.11 Å². The molecule has 0 radical (unpaired) electrons. The van der Waals surface area contributed by atoms with E-state index in [1.165, 1.54) is 11.3 Å². The number of hydrogen-bond donors (Lipinski definition) is 3. The molecule has 3 N–H and O–H groups in total. The fraction of sp³-hybridized carbons (Fsp3) is 0.143. The summed E-state index contributed by atoms with van der Waals surface area (Å²) in [7, 11) is 0. The molecule has 2 rings (SSSR count). The molecule has 0 fully saturated rings. The Morgan fingerprint density at radius 1 is 1.20 bits per heavy atom. The molecule has 0 aliphatic rings. The Hall–Kier alpha value is -2.34. The number of carboxylic acid groups (broad SMARTS) is 1. The minimum atomic E-state index is -1.09. The number of amides is 2. The first kappa shape index (κ1) is 14.1.